The Balaban J connectivity index is 1.47. The third-order valence-corrected chi connectivity index (χ3v) is 7.69. The van der Waals surface area contributed by atoms with Crippen LogP contribution in [0.25, 0.3) is 11.0 Å². The van der Waals surface area contributed by atoms with Crippen molar-refractivity contribution in [1.82, 2.24) is 15.3 Å². The summed E-state index contributed by atoms with van der Waals surface area (Å²) in [6.07, 6.45) is 0. The number of aromatic nitrogens is 2. The van der Waals surface area contributed by atoms with Gasteiger partial charge in [0.1, 0.15) is 11.5 Å². The van der Waals surface area contributed by atoms with Crippen LogP contribution in [0, 0.1) is 0 Å². The van der Waals surface area contributed by atoms with Crippen molar-refractivity contribution in [2.75, 3.05) is 35.7 Å². The average molecular weight is 605 g/mol. The van der Waals surface area contributed by atoms with E-state index in [2.05, 4.69) is 20.9 Å². The third kappa shape index (κ3) is 6.94. The lowest BCUT2D eigenvalue weighted by Gasteiger charge is -2.21. The Morgan fingerprint density at radius 1 is 0.881 bits per heavy atom. The molecule has 0 bridgehead atoms. The van der Waals surface area contributed by atoms with Gasteiger partial charge in [-0.3, -0.25) is 4.79 Å². The van der Waals surface area contributed by atoms with Gasteiger partial charge in [-0.15, -0.1) is 11.3 Å². The molecule has 0 aliphatic rings. The number of carbonyl (C=O) groups is 1. The van der Waals surface area contributed by atoms with Crippen LogP contribution in [0.1, 0.15) is 4.88 Å². The van der Waals surface area contributed by atoms with E-state index in [4.69, 9.17) is 14.5 Å². The van der Waals surface area contributed by atoms with Gasteiger partial charge >= 0.3 is 0 Å². The highest BCUT2D eigenvalue weighted by atomic mass is 32.2. The Morgan fingerprint density at radius 3 is 2.29 bits per heavy atom. The fourth-order valence-corrected chi connectivity index (χ4v) is 5.45. The van der Waals surface area contributed by atoms with Gasteiger partial charge in [-0.25, -0.2) is 22.7 Å². The molecule has 42 heavy (non-hydrogen) atoms. The van der Waals surface area contributed by atoms with E-state index in [-0.39, 0.29) is 29.8 Å². The fraction of sp³-hybridized carbons (Fsp3) is 0.138. The zero-order valence-electron chi connectivity index (χ0n) is 22.7. The minimum Gasteiger partial charge on any atom is -0.497 e. The summed E-state index contributed by atoms with van der Waals surface area (Å²) in [6, 6.07) is 22.8. The number of rotatable bonds is 12. The van der Waals surface area contributed by atoms with Gasteiger partial charge in [0.05, 0.1) is 37.5 Å². The molecule has 0 radical (unpaired) electrons. The van der Waals surface area contributed by atoms with Crippen molar-refractivity contribution in [2.45, 2.75) is 6.54 Å². The maximum atomic E-state index is 12.8. The molecule has 0 atom stereocenters. The summed E-state index contributed by atoms with van der Waals surface area (Å²) in [6.45, 7) is 0.668. The average Bonchev–Trinajstić information content (AvgIpc) is 3.51. The maximum Gasteiger partial charge on any atom is 0.238 e. The number of thiol groups is 1. The molecule has 11 nitrogen and oxygen atoms in total. The predicted molar refractivity (Wildman–Crippen MR) is 166 cm³/mol. The molecule has 3 aromatic carbocycles. The number of amides is 1. The van der Waals surface area contributed by atoms with Crippen molar-refractivity contribution < 1.29 is 22.7 Å². The second-order valence-corrected chi connectivity index (χ2v) is 10.8. The molecule has 1 amide bonds. The number of hydrogen-bond donors (Lipinski definition) is 4. The van der Waals surface area contributed by atoms with Crippen LogP contribution in [0.3, 0.4) is 0 Å². The number of anilines is 5. The van der Waals surface area contributed by atoms with Gasteiger partial charge in [-0.05, 0) is 41.8 Å². The smallest absolute Gasteiger partial charge is 0.238 e. The molecule has 0 spiro atoms. The monoisotopic (exact) mass is 604 g/mol. The molecule has 13 heteroatoms. The number of fused-ring (bicyclic) bond motifs is 1. The molecule has 0 unspecified atom stereocenters. The summed E-state index contributed by atoms with van der Waals surface area (Å²) in [5, 5.41) is 11.1. The molecule has 216 valence electrons. The summed E-state index contributed by atoms with van der Waals surface area (Å²) in [4.78, 5) is 23.1. The van der Waals surface area contributed by atoms with E-state index in [9.17, 15) is 13.2 Å². The van der Waals surface area contributed by atoms with Crippen molar-refractivity contribution in [1.29, 1.82) is 0 Å². The van der Waals surface area contributed by atoms with E-state index in [0.717, 1.165) is 9.18 Å². The standard InChI is InChI=1S/C29H28N6O5S2/c1-39-22-14-20(15-23(16-22)40-2)32-28-29(34-26-11-4-3-10-25(26)33-28)35(42(37)38)21-8-5-7-19(13-21)31-27(36)18-30-17-24-9-6-12-41-24/h3-16,30,42H,17-18H2,1-2H3,(H,31,36)(H,32,33). The lowest BCUT2D eigenvalue weighted by atomic mass is 10.2. The first-order chi connectivity index (χ1) is 20.4. The molecule has 3 N–H and O–H groups in total. The van der Waals surface area contributed by atoms with Crippen molar-refractivity contribution in [3.8, 4) is 11.5 Å². The number of methoxy groups -OCH3 is 2. The first-order valence-electron chi connectivity index (χ1n) is 12.8. The molecule has 0 saturated heterocycles. The van der Waals surface area contributed by atoms with Gasteiger partial charge in [-0.2, -0.15) is 0 Å². The molecule has 5 aromatic rings. The number of benzene rings is 3. The number of nitrogens with one attached hydrogen (secondary N) is 3. The Hall–Kier alpha value is -4.72. The van der Waals surface area contributed by atoms with E-state index >= 15 is 0 Å². The zero-order valence-corrected chi connectivity index (χ0v) is 24.4. The summed E-state index contributed by atoms with van der Waals surface area (Å²) >= 11 is 1.60. The predicted octanol–water partition coefficient (Wildman–Crippen LogP) is 4.84. The van der Waals surface area contributed by atoms with Gasteiger partial charge in [-0.1, -0.05) is 24.3 Å². The number of carbonyl (C=O) groups excluding carboxylic acids is 1. The Morgan fingerprint density at radius 2 is 1.62 bits per heavy atom. The van der Waals surface area contributed by atoms with Crippen LogP contribution in [0.2, 0.25) is 0 Å². The summed E-state index contributed by atoms with van der Waals surface area (Å²) < 4.78 is 37.3. The van der Waals surface area contributed by atoms with E-state index in [1.807, 2.05) is 23.6 Å². The molecule has 0 aliphatic carbocycles. The van der Waals surface area contributed by atoms with Crippen LogP contribution >= 0.6 is 11.3 Å². The highest BCUT2D eigenvalue weighted by Crippen LogP contribution is 2.35. The second kappa shape index (κ2) is 13.3. The molecule has 0 saturated carbocycles. The molecule has 2 heterocycles. The first-order valence-corrected chi connectivity index (χ1v) is 14.8. The van der Waals surface area contributed by atoms with E-state index in [1.165, 1.54) is 14.2 Å². The van der Waals surface area contributed by atoms with Crippen molar-refractivity contribution >= 4 is 67.9 Å². The molecular weight excluding hydrogens is 576 g/mol. The second-order valence-electron chi connectivity index (χ2n) is 8.94. The Kier molecular flexibility index (Phi) is 9.12. The largest absolute Gasteiger partial charge is 0.497 e. The third-order valence-electron chi connectivity index (χ3n) is 6.07. The van der Waals surface area contributed by atoms with Crippen molar-refractivity contribution in [2.24, 2.45) is 0 Å². The molecule has 2 aromatic heterocycles. The normalized spacial score (nSPS) is 10.9. The van der Waals surface area contributed by atoms with E-state index in [1.54, 1.807) is 72.0 Å². The molecule has 0 aliphatic heterocycles. The van der Waals surface area contributed by atoms with Crippen LogP contribution < -0.4 is 29.7 Å². The van der Waals surface area contributed by atoms with Crippen molar-refractivity contribution in [3.63, 3.8) is 0 Å². The van der Waals surface area contributed by atoms with Crippen LogP contribution in [-0.4, -0.2) is 45.1 Å². The van der Waals surface area contributed by atoms with Crippen LogP contribution in [-0.2, 0) is 22.2 Å². The minimum absolute atomic E-state index is 0.0488. The topological polar surface area (TPSA) is 135 Å². The zero-order chi connectivity index (χ0) is 29.5. The lowest BCUT2D eigenvalue weighted by molar-refractivity contribution is -0.115. The van der Waals surface area contributed by atoms with Gasteiger partial charge in [0.25, 0.3) is 0 Å². The number of nitrogens with zero attached hydrogens (tertiary/aromatic N) is 3. The molecule has 0 fully saturated rings. The first kappa shape index (κ1) is 28.8. The highest BCUT2D eigenvalue weighted by molar-refractivity contribution is 7.74. The van der Waals surface area contributed by atoms with E-state index in [0.29, 0.717) is 40.5 Å². The van der Waals surface area contributed by atoms with Gasteiger partial charge in [0, 0.05) is 41.0 Å². The summed E-state index contributed by atoms with van der Waals surface area (Å²) in [7, 11) is -0.153. The SMILES string of the molecule is COc1cc(Nc2nc3ccccc3nc2N(c2cccc(NC(=O)CNCc3cccs3)c2)[SH](=O)=O)cc(OC)c1. The maximum absolute atomic E-state index is 12.8. The van der Waals surface area contributed by atoms with Crippen molar-refractivity contribution in [3.05, 3.63) is 89.1 Å². The minimum atomic E-state index is -3.23. The Labute approximate surface area is 248 Å². The quantitative estimate of drug-likeness (QED) is 0.148. The number of hydrogen-bond acceptors (Lipinski definition) is 10. The van der Waals surface area contributed by atoms with Crippen LogP contribution in [0.5, 0.6) is 11.5 Å². The van der Waals surface area contributed by atoms with Crippen LogP contribution in [0.15, 0.2) is 84.2 Å². The number of thiophene rings is 1. The fourth-order valence-electron chi connectivity index (χ4n) is 4.17. The number of para-hydroxylation sites is 2. The lowest BCUT2D eigenvalue weighted by Crippen LogP contribution is -2.27. The molecule has 5 rings (SSSR count). The number of ether oxygens (including phenoxy) is 2. The van der Waals surface area contributed by atoms with Gasteiger partial charge < -0.3 is 25.4 Å². The van der Waals surface area contributed by atoms with E-state index < -0.39 is 10.9 Å². The summed E-state index contributed by atoms with van der Waals surface area (Å²) in [5.74, 6) is 1.05. The highest BCUT2D eigenvalue weighted by Gasteiger charge is 2.21. The molecular formula is C29H28N6O5S2. The van der Waals surface area contributed by atoms with Gasteiger partial charge in [0.15, 0.2) is 11.6 Å². The Bertz CT molecular complexity index is 1750. The summed E-state index contributed by atoms with van der Waals surface area (Å²) in [5.41, 5.74) is 2.32. The van der Waals surface area contributed by atoms with Gasteiger partial charge in [0.2, 0.25) is 16.8 Å². The van der Waals surface area contributed by atoms with Crippen LogP contribution in [0.4, 0.5) is 28.7 Å².